The average Bonchev–Trinajstić information content (AvgIpc) is 2.03. The highest BCUT2D eigenvalue weighted by Crippen LogP contribution is 2.04. The topological polar surface area (TPSA) is 72.2 Å². The summed E-state index contributed by atoms with van der Waals surface area (Å²) >= 11 is 1.53. The monoisotopic (exact) mass is 204 g/mol. The standard InChI is InChI=1S/C8H16N2O2S/c1-6(11)5-13-4-3-7(10-2)8(9)12/h7,10H,3-5H2,1-2H3,(H2,9,12)/t7-/m1/s1. The van der Waals surface area contributed by atoms with Gasteiger partial charge in [0.2, 0.25) is 5.91 Å². The molecule has 4 nitrogen and oxygen atoms in total. The Morgan fingerprint density at radius 1 is 1.54 bits per heavy atom. The molecule has 0 heterocycles. The minimum absolute atomic E-state index is 0.157. The molecule has 1 amide bonds. The molecule has 0 aliphatic rings. The van der Waals surface area contributed by atoms with Crippen molar-refractivity contribution in [3.63, 3.8) is 0 Å². The van der Waals surface area contributed by atoms with Gasteiger partial charge in [0.15, 0.2) is 0 Å². The molecular weight excluding hydrogens is 188 g/mol. The zero-order valence-electron chi connectivity index (χ0n) is 8.00. The summed E-state index contributed by atoms with van der Waals surface area (Å²) in [6.45, 7) is 1.55. The molecule has 0 rings (SSSR count). The van der Waals surface area contributed by atoms with Crippen molar-refractivity contribution in [2.75, 3.05) is 18.6 Å². The van der Waals surface area contributed by atoms with Gasteiger partial charge in [0.1, 0.15) is 5.78 Å². The molecule has 0 unspecified atom stereocenters. The Labute approximate surface area is 82.6 Å². The van der Waals surface area contributed by atoms with Gasteiger partial charge < -0.3 is 11.1 Å². The molecule has 0 bridgehead atoms. The number of carbonyl (C=O) groups excluding carboxylic acids is 2. The third-order valence-corrected chi connectivity index (χ3v) is 2.68. The van der Waals surface area contributed by atoms with Crippen molar-refractivity contribution in [3.8, 4) is 0 Å². The van der Waals surface area contributed by atoms with Gasteiger partial charge in [-0.1, -0.05) is 0 Å². The number of hydrogen-bond donors (Lipinski definition) is 2. The number of nitrogens with two attached hydrogens (primary N) is 1. The Kier molecular flexibility index (Phi) is 6.62. The van der Waals surface area contributed by atoms with Gasteiger partial charge in [0.05, 0.1) is 11.8 Å². The van der Waals surface area contributed by atoms with Gasteiger partial charge in [0, 0.05) is 0 Å². The van der Waals surface area contributed by atoms with Crippen LogP contribution in [0.2, 0.25) is 0 Å². The lowest BCUT2D eigenvalue weighted by Gasteiger charge is -2.10. The summed E-state index contributed by atoms with van der Waals surface area (Å²) in [5.41, 5.74) is 5.11. The first-order chi connectivity index (χ1) is 6.07. The predicted molar refractivity (Wildman–Crippen MR) is 54.7 cm³/mol. The molecule has 0 saturated carbocycles. The molecule has 0 spiro atoms. The number of carbonyl (C=O) groups is 2. The van der Waals surface area contributed by atoms with Gasteiger partial charge in [-0.25, -0.2) is 0 Å². The SMILES string of the molecule is CN[C@H](CCSCC(C)=O)C(N)=O. The van der Waals surface area contributed by atoms with E-state index in [1.807, 2.05) is 0 Å². The van der Waals surface area contributed by atoms with E-state index in [2.05, 4.69) is 5.32 Å². The lowest BCUT2D eigenvalue weighted by molar-refractivity contribution is -0.120. The lowest BCUT2D eigenvalue weighted by atomic mass is 10.2. The number of Topliss-reactive ketones (excluding diaryl/α,β-unsaturated/α-hetero) is 1. The van der Waals surface area contributed by atoms with Crippen LogP contribution in [0.25, 0.3) is 0 Å². The summed E-state index contributed by atoms with van der Waals surface area (Å²) in [6, 6.07) is -0.278. The van der Waals surface area contributed by atoms with Crippen LogP contribution in [0.15, 0.2) is 0 Å². The van der Waals surface area contributed by atoms with Crippen LogP contribution >= 0.6 is 11.8 Å². The normalized spacial score (nSPS) is 12.5. The molecule has 3 N–H and O–H groups in total. The van der Waals surface area contributed by atoms with Crippen molar-refractivity contribution in [2.24, 2.45) is 5.73 Å². The van der Waals surface area contributed by atoms with E-state index in [4.69, 9.17) is 5.73 Å². The van der Waals surface area contributed by atoms with Gasteiger partial charge in [-0.3, -0.25) is 9.59 Å². The first kappa shape index (κ1) is 12.4. The second kappa shape index (κ2) is 6.91. The molecule has 0 aliphatic heterocycles. The van der Waals surface area contributed by atoms with Crippen LogP contribution in [0.1, 0.15) is 13.3 Å². The molecule has 13 heavy (non-hydrogen) atoms. The molecule has 0 saturated heterocycles. The second-order valence-corrected chi connectivity index (χ2v) is 3.89. The smallest absolute Gasteiger partial charge is 0.234 e. The molecule has 0 aromatic carbocycles. The third kappa shape index (κ3) is 6.60. The van der Waals surface area contributed by atoms with E-state index in [-0.39, 0.29) is 17.7 Å². The highest BCUT2D eigenvalue weighted by Gasteiger charge is 2.11. The quantitative estimate of drug-likeness (QED) is 0.562. The fraction of sp³-hybridized carbons (Fsp3) is 0.750. The number of nitrogens with one attached hydrogen (secondary N) is 1. The maximum Gasteiger partial charge on any atom is 0.234 e. The van der Waals surface area contributed by atoms with E-state index in [1.54, 1.807) is 14.0 Å². The van der Waals surface area contributed by atoms with Gasteiger partial charge in [-0.2, -0.15) is 11.8 Å². The van der Waals surface area contributed by atoms with Crippen molar-refractivity contribution in [2.45, 2.75) is 19.4 Å². The molecule has 5 heteroatoms. The van der Waals surface area contributed by atoms with Gasteiger partial charge >= 0.3 is 0 Å². The lowest BCUT2D eigenvalue weighted by Crippen LogP contribution is -2.39. The molecule has 0 aromatic rings. The van der Waals surface area contributed by atoms with Crippen LogP contribution in [-0.4, -0.2) is 36.3 Å². The summed E-state index contributed by atoms with van der Waals surface area (Å²) in [5, 5.41) is 2.82. The number of primary amides is 1. The van der Waals surface area contributed by atoms with E-state index in [0.29, 0.717) is 12.2 Å². The number of ketones is 1. The first-order valence-corrected chi connectivity index (χ1v) is 5.27. The van der Waals surface area contributed by atoms with E-state index in [1.165, 1.54) is 11.8 Å². The minimum Gasteiger partial charge on any atom is -0.368 e. The van der Waals surface area contributed by atoms with Crippen molar-refractivity contribution >= 4 is 23.5 Å². The van der Waals surface area contributed by atoms with E-state index < -0.39 is 0 Å². The van der Waals surface area contributed by atoms with Gasteiger partial charge in [0.25, 0.3) is 0 Å². The minimum atomic E-state index is -0.342. The Bertz CT molecular complexity index is 185. The maximum atomic E-state index is 10.7. The van der Waals surface area contributed by atoms with Crippen molar-refractivity contribution < 1.29 is 9.59 Å². The molecule has 0 aliphatic carbocycles. The number of likely N-dealkylation sites (N-methyl/N-ethyl adjacent to an activating group) is 1. The Hall–Kier alpha value is -0.550. The number of rotatable bonds is 7. The molecular formula is C8H16N2O2S. The van der Waals surface area contributed by atoms with Crippen LogP contribution in [-0.2, 0) is 9.59 Å². The summed E-state index contributed by atoms with van der Waals surface area (Å²) in [7, 11) is 1.70. The number of hydrogen-bond acceptors (Lipinski definition) is 4. The summed E-state index contributed by atoms with van der Waals surface area (Å²) in [4.78, 5) is 21.3. The number of thioether (sulfide) groups is 1. The van der Waals surface area contributed by atoms with E-state index >= 15 is 0 Å². The predicted octanol–water partition coefficient (Wildman–Crippen LogP) is -0.228. The zero-order valence-corrected chi connectivity index (χ0v) is 8.82. The second-order valence-electron chi connectivity index (χ2n) is 2.79. The summed E-state index contributed by atoms with van der Waals surface area (Å²) in [5.74, 6) is 1.10. The fourth-order valence-corrected chi connectivity index (χ4v) is 1.68. The van der Waals surface area contributed by atoms with Crippen LogP contribution in [0.3, 0.4) is 0 Å². The number of amides is 1. The van der Waals surface area contributed by atoms with Crippen LogP contribution in [0, 0.1) is 0 Å². The molecule has 0 radical (unpaired) electrons. The Balaban J connectivity index is 3.50. The average molecular weight is 204 g/mol. The maximum absolute atomic E-state index is 10.7. The fourth-order valence-electron chi connectivity index (χ4n) is 0.846. The highest BCUT2D eigenvalue weighted by molar-refractivity contribution is 7.99. The van der Waals surface area contributed by atoms with Crippen LogP contribution in [0.5, 0.6) is 0 Å². The van der Waals surface area contributed by atoms with Gasteiger partial charge in [-0.15, -0.1) is 0 Å². The summed E-state index contributed by atoms with van der Waals surface area (Å²) in [6.07, 6.45) is 0.670. The van der Waals surface area contributed by atoms with Gasteiger partial charge in [-0.05, 0) is 26.1 Å². The van der Waals surface area contributed by atoms with Crippen molar-refractivity contribution in [3.05, 3.63) is 0 Å². The van der Waals surface area contributed by atoms with Crippen LogP contribution < -0.4 is 11.1 Å². The largest absolute Gasteiger partial charge is 0.368 e. The molecule has 0 aromatic heterocycles. The van der Waals surface area contributed by atoms with Crippen molar-refractivity contribution in [1.29, 1.82) is 0 Å². The zero-order chi connectivity index (χ0) is 10.3. The van der Waals surface area contributed by atoms with Crippen molar-refractivity contribution in [1.82, 2.24) is 5.32 Å². The Morgan fingerprint density at radius 3 is 2.54 bits per heavy atom. The molecule has 76 valence electrons. The molecule has 0 fully saturated rings. The highest BCUT2D eigenvalue weighted by atomic mass is 32.2. The Morgan fingerprint density at radius 2 is 2.15 bits per heavy atom. The summed E-state index contributed by atoms with van der Waals surface area (Å²) < 4.78 is 0. The van der Waals surface area contributed by atoms with E-state index in [9.17, 15) is 9.59 Å². The van der Waals surface area contributed by atoms with E-state index in [0.717, 1.165) is 5.75 Å². The molecule has 1 atom stereocenters. The third-order valence-electron chi connectivity index (χ3n) is 1.55. The first-order valence-electron chi connectivity index (χ1n) is 4.11. The van der Waals surface area contributed by atoms with Crippen LogP contribution in [0.4, 0.5) is 0 Å².